The van der Waals surface area contributed by atoms with E-state index in [1.54, 1.807) is 16.7 Å². The average molecular weight is 548 g/mol. The summed E-state index contributed by atoms with van der Waals surface area (Å²) in [7, 11) is 0. The molecule has 0 radical (unpaired) electrons. The van der Waals surface area contributed by atoms with Crippen molar-refractivity contribution in [3.05, 3.63) is 55.5 Å². The maximum absolute atomic E-state index is 4.07. The van der Waals surface area contributed by atoms with Crippen LogP contribution in [0.1, 0.15) is 101 Å². The van der Waals surface area contributed by atoms with E-state index in [2.05, 4.69) is 83.8 Å². The summed E-state index contributed by atoms with van der Waals surface area (Å²) in [5.41, 5.74) is 9.25. The van der Waals surface area contributed by atoms with Crippen LogP contribution in [0.25, 0.3) is 11.1 Å². The van der Waals surface area contributed by atoms with Gasteiger partial charge in [0.15, 0.2) is 0 Å². The summed E-state index contributed by atoms with van der Waals surface area (Å²) >= 11 is 8.09. The highest BCUT2D eigenvalue weighted by Gasteiger charge is 2.29. The van der Waals surface area contributed by atoms with E-state index in [-0.39, 0.29) is 0 Å². The quantitative estimate of drug-likeness (QED) is 0.211. The lowest BCUT2D eigenvalue weighted by Crippen LogP contribution is -2.13. The van der Waals surface area contributed by atoms with E-state index in [1.165, 1.54) is 89.8 Å². The Labute approximate surface area is 207 Å². The maximum Gasteiger partial charge on any atom is 0.0362 e. The van der Waals surface area contributed by atoms with Gasteiger partial charge in [0.25, 0.3) is 0 Å². The number of rotatable bonds is 12. The molecule has 3 rings (SSSR count). The standard InChI is InChI=1S/C29H40Br2/c1-5-9-13-20(7-3)17-24-25(18-21(8-4)14-10-6-2)28(30)29(31)26-19-22-15-11-12-16-23(22)27(24)26/h11-12,15-16,20-21H,5-10,13-14,17-19H2,1-4H3. The summed E-state index contributed by atoms with van der Waals surface area (Å²) in [6.07, 6.45) is 14.0. The average Bonchev–Trinajstić information content (AvgIpc) is 3.18. The van der Waals surface area contributed by atoms with Crippen LogP contribution in [0.15, 0.2) is 33.2 Å². The Bertz CT molecular complexity index is 868. The summed E-state index contributed by atoms with van der Waals surface area (Å²) < 4.78 is 2.62. The second-order valence-corrected chi connectivity index (χ2v) is 11.1. The van der Waals surface area contributed by atoms with Crippen molar-refractivity contribution in [2.75, 3.05) is 0 Å². The van der Waals surface area contributed by atoms with Crippen LogP contribution < -0.4 is 0 Å². The summed E-state index contributed by atoms with van der Waals surface area (Å²) in [4.78, 5) is 0. The molecule has 2 aromatic carbocycles. The van der Waals surface area contributed by atoms with Gasteiger partial charge < -0.3 is 0 Å². The first-order valence-electron chi connectivity index (χ1n) is 12.6. The van der Waals surface area contributed by atoms with E-state index >= 15 is 0 Å². The molecule has 0 aliphatic heterocycles. The van der Waals surface area contributed by atoms with Gasteiger partial charge in [0.1, 0.15) is 0 Å². The lowest BCUT2D eigenvalue weighted by molar-refractivity contribution is 0.434. The van der Waals surface area contributed by atoms with Gasteiger partial charge in [0.2, 0.25) is 0 Å². The Kier molecular flexibility index (Phi) is 9.71. The van der Waals surface area contributed by atoms with Gasteiger partial charge in [-0.3, -0.25) is 0 Å². The SMILES string of the molecule is CCCCC(CC)Cc1c(Br)c(Br)c2c(c1CC(CC)CCCC)-c1ccccc1C2. The summed E-state index contributed by atoms with van der Waals surface area (Å²) in [5, 5.41) is 0. The summed E-state index contributed by atoms with van der Waals surface area (Å²) in [6, 6.07) is 9.10. The molecule has 0 saturated carbocycles. The fourth-order valence-electron chi connectivity index (χ4n) is 5.34. The zero-order chi connectivity index (χ0) is 22.4. The van der Waals surface area contributed by atoms with E-state index in [4.69, 9.17) is 0 Å². The van der Waals surface area contributed by atoms with E-state index < -0.39 is 0 Å². The minimum Gasteiger partial charge on any atom is -0.0654 e. The molecule has 0 heterocycles. The molecule has 0 saturated heterocycles. The molecule has 0 fully saturated rings. The predicted octanol–water partition coefficient (Wildman–Crippen LogP) is 10.3. The molecule has 2 heteroatoms. The molecule has 0 spiro atoms. The third-order valence-corrected chi connectivity index (χ3v) is 9.70. The number of unbranched alkanes of at least 4 members (excludes halogenated alkanes) is 2. The van der Waals surface area contributed by atoms with Gasteiger partial charge in [-0.2, -0.15) is 0 Å². The fourth-order valence-corrected chi connectivity index (χ4v) is 6.56. The molecule has 31 heavy (non-hydrogen) atoms. The van der Waals surface area contributed by atoms with Crippen molar-refractivity contribution in [2.24, 2.45) is 11.8 Å². The molecule has 1 aliphatic carbocycles. The molecule has 1 aliphatic rings. The number of hydrogen-bond acceptors (Lipinski definition) is 0. The van der Waals surface area contributed by atoms with Gasteiger partial charge in [-0.1, -0.05) is 103 Å². The second kappa shape index (κ2) is 12.0. The van der Waals surface area contributed by atoms with Crippen molar-refractivity contribution in [1.82, 2.24) is 0 Å². The smallest absolute Gasteiger partial charge is 0.0362 e. The van der Waals surface area contributed by atoms with Gasteiger partial charge in [-0.05, 0) is 96.3 Å². The van der Waals surface area contributed by atoms with Crippen molar-refractivity contribution in [2.45, 2.75) is 98.3 Å². The van der Waals surface area contributed by atoms with E-state index in [9.17, 15) is 0 Å². The molecule has 0 amide bonds. The Morgan fingerprint density at radius 1 is 0.774 bits per heavy atom. The molecular weight excluding hydrogens is 508 g/mol. The fraction of sp³-hybridized carbons (Fsp3) is 0.586. The largest absolute Gasteiger partial charge is 0.0654 e. The van der Waals surface area contributed by atoms with Gasteiger partial charge in [-0.15, -0.1) is 0 Å². The molecule has 2 atom stereocenters. The van der Waals surface area contributed by atoms with Crippen LogP contribution in [0.2, 0.25) is 0 Å². The van der Waals surface area contributed by atoms with E-state index in [1.807, 2.05) is 0 Å². The van der Waals surface area contributed by atoms with Crippen LogP contribution >= 0.6 is 31.9 Å². The number of hydrogen-bond donors (Lipinski definition) is 0. The van der Waals surface area contributed by atoms with Crippen molar-refractivity contribution in [1.29, 1.82) is 0 Å². The maximum atomic E-state index is 4.07. The highest BCUT2D eigenvalue weighted by atomic mass is 79.9. The molecule has 2 aromatic rings. The number of fused-ring (bicyclic) bond motifs is 3. The van der Waals surface area contributed by atoms with E-state index in [0.717, 1.165) is 18.3 Å². The molecule has 170 valence electrons. The first kappa shape index (κ1) is 25.0. The summed E-state index contributed by atoms with van der Waals surface area (Å²) in [5.74, 6) is 1.55. The highest BCUT2D eigenvalue weighted by molar-refractivity contribution is 9.13. The summed E-state index contributed by atoms with van der Waals surface area (Å²) in [6.45, 7) is 9.40. The van der Waals surface area contributed by atoms with Crippen LogP contribution in [-0.4, -0.2) is 0 Å². The lowest BCUT2D eigenvalue weighted by atomic mass is 9.82. The van der Waals surface area contributed by atoms with Crippen molar-refractivity contribution >= 4 is 31.9 Å². The Balaban J connectivity index is 2.12. The molecule has 2 unspecified atom stereocenters. The first-order valence-corrected chi connectivity index (χ1v) is 14.2. The van der Waals surface area contributed by atoms with Crippen molar-refractivity contribution in [3.8, 4) is 11.1 Å². The first-order chi connectivity index (χ1) is 15.0. The highest BCUT2D eigenvalue weighted by Crippen LogP contribution is 2.49. The Morgan fingerprint density at radius 3 is 1.94 bits per heavy atom. The third-order valence-electron chi connectivity index (χ3n) is 7.42. The van der Waals surface area contributed by atoms with Crippen LogP contribution in [-0.2, 0) is 19.3 Å². The molecule has 0 nitrogen and oxygen atoms in total. The second-order valence-electron chi connectivity index (χ2n) is 9.51. The number of benzene rings is 2. The van der Waals surface area contributed by atoms with Gasteiger partial charge in [0.05, 0.1) is 0 Å². The molecule has 0 N–H and O–H groups in total. The van der Waals surface area contributed by atoms with Crippen LogP contribution in [0.5, 0.6) is 0 Å². The molecule has 0 bridgehead atoms. The Hall–Kier alpha value is -0.600. The predicted molar refractivity (Wildman–Crippen MR) is 144 cm³/mol. The van der Waals surface area contributed by atoms with Gasteiger partial charge in [-0.25, -0.2) is 0 Å². The normalized spacial score (nSPS) is 14.4. The zero-order valence-electron chi connectivity index (χ0n) is 20.0. The lowest BCUT2D eigenvalue weighted by Gasteiger charge is -2.25. The van der Waals surface area contributed by atoms with Crippen LogP contribution in [0.3, 0.4) is 0 Å². The zero-order valence-corrected chi connectivity index (χ0v) is 23.2. The Morgan fingerprint density at radius 2 is 1.35 bits per heavy atom. The van der Waals surface area contributed by atoms with Crippen LogP contribution in [0.4, 0.5) is 0 Å². The van der Waals surface area contributed by atoms with Gasteiger partial charge in [0, 0.05) is 8.95 Å². The third kappa shape index (κ3) is 5.67. The molecule has 0 aromatic heterocycles. The topological polar surface area (TPSA) is 0 Å². The number of halogens is 2. The van der Waals surface area contributed by atoms with Crippen LogP contribution in [0, 0.1) is 11.8 Å². The molecular formula is C29H40Br2. The van der Waals surface area contributed by atoms with Crippen molar-refractivity contribution < 1.29 is 0 Å². The monoisotopic (exact) mass is 546 g/mol. The van der Waals surface area contributed by atoms with Gasteiger partial charge >= 0.3 is 0 Å². The van der Waals surface area contributed by atoms with Crippen molar-refractivity contribution in [3.63, 3.8) is 0 Å². The minimum absolute atomic E-state index is 0.771. The minimum atomic E-state index is 0.771. The van der Waals surface area contributed by atoms with E-state index in [0.29, 0.717) is 0 Å².